The Balaban J connectivity index is 1.48. The molecular weight excluding hydrogens is 292 g/mol. The number of hydrogen-bond donors (Lipinski definition) is 0. The fourth-order valence-electron chi connectivity index (χ4n) is 3.56. The number of rotatable bonds is 4. The molecule has 0 aromatic heterocycles. The molecule has 0 aliphatic carbocycles. The number of nitrogens with zero attached hydrogens (tertiary/aromatic N) is 2. The number of hydrogen-bond acceptors (Lipinski definition) is 3. The summed E-state index contributed by atoms with van der Waals surface area (Å²) in [6, 6.07) is 9.64. The maximum absolute atomic E-state index is 12.4. The first-order valence-electron chi connectivity index (χ1n) is 8.34. The molecule has 2 fully saturated rings. The van der Waals surface area contributed by atoms with E-state index in [2.05, 4.69) is 42.3 Å². The van der Waals surface area contributed by atoms with Gasteiger partial charge in [0, 0.05) is 30.1 Å². The highest BCUT2D eigenvalue weighted by Gasteiger charge is 2.37. The number of benzene rings is 1. The van der Waals surface area contributed by atoms with Gasteiger partial charge in [0.2, 0.25) is 5.91 Å². The lowest BCUT2D eigenvalue weighted by Crippen LogP contribution is -2.63. The molecule has 1 unspecified atom stereocenters. The van der Waals surface area contributed by atoms with Gasteiger partial charge in [0.15, 0.2) is 0 Å². The van der Waals surface area contributed by atoms with Crippen molar-refractivity contribution in [3.8, 4) is 0 Å². The van der Waals surface area contributed by atoms with Crippen molar-refractivity contribution in [3.05, 3.63) is 29.8 Å². The first-order valence-corrected chi connectivity index (χ1v) is 9.56. The summed E-state index contributed by atoms with van der Waals surface area (Å²) in [4.78, 5) is 18.2. The molecule has 0 saturated carbocycles. The quantitative estimate of drug-likeness (QED) is 0.797. The third-order valence-corrected chi connectivity index (χ3v) is 5.80. The fraction of sp³-hybridized carbons (Fsp3) is 0.611. The molecule has 0 radical (unpaired) electrons. The zero-order chi connectivity index (χ0) is 15.5. The molecule has 2 aliphatic heterocycles. The van der Waals surface area contributed by atoms with Crippen LogP contribution in [0.3, 0.4) is 0 Å². The van der Waals surface area contributed by atoms with Crippen molar-refractivity contribution >= 4 is 17.7 Å². The summed E-state index contributed by atoms with van der Waals surface area (Å²) in [6.45, 7) is 5.39. The molecule has 1 atom stereocenters. The summed E-state index contributed by atoms with van der Waals surface area (Å²) in [6.07, 6.45) is 6.60. The molecule has 0 spiro atoms. The Labute approximate surface area is 138 Å². The predicted octanol–water partition coefficient (Wildman–Crippen LogP) is 3.04. The van der Waals surface area contributed by atoms with Gasteiger partial charge in [-0.1, -0.05) is 18.6 Å². The molecule has 3 rings (SSSR count). The Morgan fingerprint density at radius 3 is 2.59 bits per heavy atom. The zero-order valence-corrected chi connectivity index (χ0v) is 14.4. The second-order valence-corrected chi connectivity index (χ2v) is 7.44. The molecule has 22 heavy (non-hydrogen) atoms. The van der Waals surface area contributed by atoms with Crippen LogP contribution in [0.2, 0.25) is 0 Å². The third kappa shape index (κ3) is 3.49. The van der Waals surface area contributed by atoms with Gasteiger partial charge in [-0.3, -0.25) is 9.69 Å². The van der Waals surface area contributed by atoms with Crippen molar-refractivity contribution < 1.29 is 4.79 Å². The molecule has 0 bridgehead atoms. The molecule has 2 heterocycles. The molecule has 1 amide bonds. The number of piperidine rings is 1. The van der Waals surface area contributed by atoms with E-state index in [0.29, 0.717) is 18.5 Å². The van der Waals surface area contributed by atoms with Crippen LogP contribution < -0.4 is 0 Å². The van der Waals surface area contributed by atoms with Crippen molar-refractivity contribution in [2.45, 2.75) is 49.6 Å². The second-order valence-electron chi connectivity index (χ2n) is 6.56. The van der Waals surface area contributed by atoms with Gasteiger partial charge in [-0.15, -0.1) is 11.8 Å². The highest BCUT2D eigenvalue weighted by molar-refractivity contribution is 7.98. The number of carbonyl (C=O) groups excluding carboxylic acids is 1. The van der Waals surface area contributed by atoms with Crippen LogP contribution in [0, 0.1) is 0 Å². The maximum atomic E-state index is 12.4. The Kier molecular flexibility index (Phi) is 5.09. The van der Waals surface area contributed by atoms with Crippen LogP contribution in [0.5, 0.6) is 0 Å². The van der Waals surface area contributed by atoms with E-state index in [4.69, 9.17) is 0 Å². The first-order chi connectivity index (χ1) is 10.7. The summed E-state index contributed by atoms with van der Waals surface area (Å²) < 4.78 is 0. The van der Waals surface area contributed by atoms with Gasteiger partial charge < -0.3 is 4.90 Å². The van der Waals surface area contributed by atoms with Gasteiger partial charge in [-0.05, 0) is 50.3 Å². The van der Waals surface area contributed by atoms with Crippen molar-refractivity contribution in [2.75, 3.05) is 25.9 Å². The summed E-state index contributed by atoms with van der Waals surface area (Å²) in [7, 11) is 0. The van der Waals surface area contributed by atoms with Crippen molar-refractivity contribution in [1.29, 1.82) is 0 Å². The molecule has 1 aromatic rings. The monoisotopic (exact) mass is 318 g/mol. The minimum Gasteiger partial charge on any atom is -0.339 e. The summed E-state index contributed by atoms with van der Waals surface area (Å²) >= 11 is 1.73. The van der Waals surface area contributed by atoms with E-state index in [9.17, 15) is 4.79 Å². The number of amides is 1. The average Bonchev–Trinajstić information content (AvgIpc) is 2.48. The predicted molar refractivity (Wildman–Crippen MR) is 92.3 cm³/mol. The van der Waals surface area contributed by atoms with Crippen LogP contribution in [0.15, 0.2) is 29.2 Å². The molecule has 4 heteroatoms. The summed E-state index contributed by atoms with van der Waals surface area (Å²) in [5.74, 6) is 0.276. The molecule has 3 nitrogen and oxygen atoms in total. The number of likely N-dealkylation sites (tertiary alicyclic amines) is 2. The molecule has 1 aromatic carbocycles. The fourth-order valence-corrected chi connectivity index (χ4v) is 3.97. The van der Waals surface area contributed by atoms with Crippen LogP contribution >= 0.6 is 11.8 Å². The van der Waals surface area contributed by atoms with E-state index >= 15 is 0 Å². The van der Waals surface area contributed by atoms with Crippen molar-refractivity contribution in [3.63, 3.8) is 0 Å². The summed E-state index contributed by atoms with van der Waals surface area (Å²) in [5, 5.41) is 0. The van der Waals surface area contributed by atoms with E-state index in [-0.39, 0.29) is 5.91 Å². The highest BCUT2D eigenvalue weighted by atomic mass is 32.2. The van der Waals surface area contributed by atoms with Crippen LogP contribution in [0.25, 0.3) is 0 Å². The highest BCUT2D eigenvalue weighted by Crippen LogP contribution is 2.25. The Morgan fingerprint density at radius 2 is 1.95 bits per heavy atom. The minimum absolute atomic E-state index is 0.276. The van der Waals surface area contributed by atoms with Crippen LogP contribution in [-0.2, 0) is 11.2 Å². The van der Waals surface area contributed by atoms with E-state index in [1.54, 1.807) is 11.8 Å². The van der Waals surface area contributed by atoms with Crippen LogP contribution in [0.4, 0.5) is 0 Å². The molecule has 120 valence electrons. The number of thioether (sulfide) groups is 1. The lowest BCUT2D eigenvalue weighted by molar-refractivity contribution is -0.139. The van der Waals surface area contributed by atoms with Gasteiger partial charge >= 0.3 is 0 Å². The third-order valence-electron chi connectivity index (χ3n) is 5.05. The largest absolute Gasteiger partial charge is 0.339 e. The standard InChI is InChI=1S/C18H26N2OS/c1-14-5-3-4-10-20(14)16-12-19(13-16)18(21)11-15-6-8-17(22-2)9-7-15/h6-9,14,16H,3-5,10-13H2,1-2H3. The molecule has 2 aliphatic rings. The second kappa shape index (κ2) is 7.05. The van der Waals surface area contributed by atoms with Gasteiger partial charge in [0.1, 0.15) is 0 Å². The van der Waals surface area contributed by atoms with E-state index in [1.807, 2.05) is 4.90 Å². The smallest absolute Gasteiger partial charge is 0.227 e. The molecule has 0 N–H and O–H groups in total. The molecule has 2 saturated heterocycles. The van der Waals surface area contributed by atoms with E-state index in [0.717, 1.165) is 18.7 Å². The Morgan fingerprint density at radius 1 is 1.23 bits per heavy atom. The summed E-state index contributed by atoms with van der Waals surface area (Å²) in [5.41, 5.74) is 1.12. The SMILES string of the molecule is CSc1ccc(CC(=O)N2CC(N3CCCCC3C)C2)cc1. The van der Waals surface area contributed by atoms with E-state index < -0.39 is 0 Å². The minimum atomic E-state index is 0.276. The van der Waals surface area contributed by atoms with Crippen LogP contribution in [-0.4, -0.2) is 53.7 Å². The topological polar surface area (TPSA) is 23.6 Å². The van der Waals surface area contributed by atoms with Crippen molar-refractivity contribution in [2.24, 2.45) is 0 Å². The molecular formula is C18H26N2OS. The number of carbonyl (C=O) groups is 1. The lowest BCUT2D eigenvalue weighted by atomic mass is 9.97. The Hall–Kier alpha value is -1.00. The van der Waals surface area contributed by atoms with Gasteiger partial charge in [0.05, 0.1) is 6.42 Å². The average molecular weight is 318 g/mol. The Bertz CT molecular complexity index is 510. The van der Waals surface area contributed by atoms with Gasteiger partial charge in [-0.25, -0.2) is 0 Å². The lowest BCUT2D eigenvalue weighted by Gasteiger charge is -2.49. The van der Waals surface area contributed by atoms with Crippen molar-refractivity contribution in [1.82, 2.24) is 9.80 Å². The van der Waals surface area contributed by atoms with E-state index in [1.165, 1.54) is 30.7 Å². The first kappa shape index (κ1) is 15.9. The maximum Gasteiger partial charge on any atom is 0.227 e. The van der Waals surface area contributed by atoms with Gasteiger partial charge in [0.25, 0.3) is 0 Å². The van der Waals surface area contributed by atoms with Gasteiger partial charge in [-0.2, -0.15) is 0 Å². The zero-order valence-electron chi connectivity index (χ0n) is 13.6. The normalized spacial score (nSPS) is 23.4. The van der Waals surface area contributed by atoms with Crippen LogP contribution in [0.1, 0.15) is 31.7 Å².